The van der Waals surface area contributed by atoms with Crippen molar-refractivity contribution in [3.63, 3.8) is 0 Å². The summed E-state index contributed by atoms with van der Waals surface area (Å²) in [5.74, 6) is 0.765. The fourth-order valence-electron chi connectivity index (χ4n) is 4.12. The second-order valence-corrected chi connectivity index (χ2v) is 8.38. The molecule has 0 radical (unpaired) electrons. The third-order valence-electron chi connectivity index (χ3n) is 5.54. The number of amides is 1. The molecule has 1 saturated carbocycles. The Morgan fingerprint density at radius 2 is 2.17 bits per heavy atom. The van der Waals surface area contributed by atoms with Crippen LogP contribution in [0.4, 0.5) is 4.39 Å². The van der Waals surface area contributed by atoms with E-state index >= 15 is 0 Å². The number of nitrogens with one attached hydrogen (secondary N) is 4. The molecule has 0 aliphatic heterocycles. The quantitative estimate of drug-likeness (QED) is 0.413. The zero-order valence-electron chi connectivity index (χ0n) is 18.2. The minimum Gasteiger partial charge on any atom is -0.361 e. The minimum absolute atomic E-state index is 0.0580. The molecule has 1 amide bonds. The molecule has 6 nitrogen and oxygen atoms in total. The van der Waals surface area contributed by atoms with E-state index in [1.807, 2.05) is 27.0 Å². The molecule has 0 spiro atoms. The van der Waals surface area contributed by atoms with Crippen LogP contribution in [-0.4, -0.2) is 42.0 Å². The van der Waals surface area contributed by atoms with Gasteiger partial charge < -0.3 is 20.9 Å². The van der Waals surface area contributed by atoms with E-state index in [1.165, 1.54) is 6.07 Å². The van der Waals surface area contributed by atoms with Crippen molar-refractivity contribution < 1.29 is 9.18 Å². The maximum absolute atomic E-state index is 13.6. The Morgan fingerprint density at radius 1 is 1.33 bits per heavy atom. The van der Waals surface area contributed by atoms with Crippen molar-refractivity contribution in [3.8, 4) is 0 Å². The van der Waals surface area contributed by atoms with Crippen molar-refractivity contribution in [1.29, 1.82) is 0 Å². The van der Waals surface area contributed by atoms with Gasteiger partial charge in [0.05, 0.1) is 0 Å². The van der Waals surface area contributed by atoms with E-state index in [4.69, 9.17) is 4.99 Å². The Bertz CT molecular complexity index is 876. The number of carbonyl (C=O) groups excluding carboxylic acids is 1. The molecule has 1 aromatic heterocycles. The largest absolute Gasteiger partial charge is 0.361 e. The van der Waals surface area contributed by atoms with Crippen LogP contribution in [-0.2, 0) is 11.2 Å². The van der Waals surface area contributed by atoms with Crippen LogP contribution in [0.5, 0.6) is 0 Å². The molecule has 2 atom stereocenters. The number of rotatable bonds is 7. The van der Waals surface area contributed by atoms with Crippen LogP contribution >= 0.6 is 0 Å². The Hall–Kier alpha value is -2.57. The van der Waals surface area contributed by atoms with Gasteiger partial charge in [0.25, 0.3) is 0 Å². The van der Waals surface area contributed by atoms with Crippen molar-refractivity contribution in [1.82, 2.24) is 20.9 Å². The topological polar surface area (TPSA) is 81.3 Å². The lowest BCUT2D eigenvalue weighted by molar-refractivity contribution is -0.126. The SMILES string of the molecule is CCNC(=NCCc1c[nH]c2ccc(F)cc12)NC1CCCC(C(=O)NC(C)C)C1. The zero-order valence-corrected chi connectivity index (χ0v) is 18.2. The highest BCUT2D eigenvalue weighted by molar-refractivity contribution is 5.83. The van der Waals surface area contributed by atoms with Crippen molar-refractivity contribution >= 4 is 22.8 Å². The lowest BCUT2D eigenvalue weighted by Crippen LogP contribution is -2.47. The van der Waals surface area contributed by atoms with Gasteiger partial charge in [-0.3, -0.25) is 9.79 Å². The van der Waals surface area contributed by atoms with E-state index in [1.54, 1.807) is 12.1 Å². The fraction of sp³-hybridized carbons (Fsp3) is 0.565. The molecule has 1 aromatic carbocycles. The van der Waals surface area contributed by atoms with Gasteiger partial charge in [-0.15, -0.1) is 0 Å². The van der Waals surface area contributed by atoms with Gasteiger partial charge in [0.1, 0.15) is 5.82 Å². The molecular weight excluding hydrogens is 381 g/mol. The Morgan fingerprint density at radius 3 is 2.93 bits per heavy atom. The molecule has 1 aliphatic carbocycles. The Balaban J connectivity index is 1.58. The van der Waals surface area contributed by atoms with Gasteiger partial charge >= 0.3 is 0 Å². The molecule has 0 saturated heterocycles. The highest BCUT2D eigenvalue weighted by Gasteiger charge is 2.28. The predicted octanol–water partition coefficient (Wildman–Crippen LogP) is 3.49. The summed E-state index contributed by atoms with van der Waals surface area (Å²) in [6.45, 7) is 7.40. The normalized spacial score (nSPS) is 19.8. The lowest BCUT2D eigenvalue weighted by Gasteiger charge is -2.30. The second-order valence-electron chi connectivity index (χ2n) is 8.38. The number of hydrogen-bond donors (Lipinski definition) is 4. The van der Waals surface area contributed by atoms with Crippen molar-refractivity contribution in [2.45, 2.75) is 65.0 Å². The van der Waals surface area contributed by atoms with Crippen LogP contribution in [0.1, 0.15) is 52.0 Å². The first kappa shape index (κ1) is 22.1. The molecule has 1 heterocycles. The van der Waals surface area contributed by atoms with Crippen LogP contribution in [0.15, 0.2) is 29.4 Å². The smallest absolute Gasteiger partial charge is 0.223 e. The molecule has 1 fully saturated rings. The first-order valence-corrected chi connectivity index (χ1v) is 11.1. The highest BCUT2D eigenvalue weighted by Crippen LogP contribution is 2.25. The summed E-state index contributed by atoms with van der Waals surface area (Å²) in [6.07, 6.45) is 6.50. The molecule has 2 unspecified atom stereocenters. The standard InChI is InChI=1S/C23H34FN5O/c1-4-25-23(29-19-7-5-6-16(12-19)22(30)28-15(2)3)26-11-10-17-14-27-21-9-8-18(24)13-20(17)21/h8-9,13-16,19,27H,4-7,10-12H2,1-3H3,(H,28,30)(H2,25,26,29). The number of fused-ring (bicyclic) bond motifs is 1. The van der Waals surface area contributed by atoms with Gasteiger partial charge in [0, 0.05) is 48.2 Å². The summed E-state index contributed by atoms with van der Waals surface area (Å²) in [6, 6.07) is 5.20. The molecular formula is C23H34FN5O. The molecule has 30 heavy (non-hydrogen) atoms. The average molecular weight is 416 g/mol. The fourth-order valence-corrected chi connectivity index (χ4v) is 4.12. The molecule has 1 aliphatic rings. The zero-order chi connectivity index (χ0) is 21.5. The number of benzene rings is 1. The molecule has 2 aromatic rings. The van der Waals surface area contributed by atoms with Crippen LogP contribution in [0.3, 0.4) is 0 Å². The summed E-state index contributed by atoms with van der Waals surface area (Å²) < 4.78 is 13.6. The lowest BCUT2D eigenvalue weighted by atomic mass is 9.85. The minimum atomic E-state index is -0.227. The van der Waals surface area contributed by atoms with Crippen LogP contribution in [0.25, 0.3) is 10.9 Å². The molecule has 7 heteroatoms. The number of aromatic nitrogens is 1. The van der Waals surface area contributed by atoms with Gasteiger partial charge in [-0.25, -0.2) is 4.39 Å². The summed E-state index contributed by atoms with van der Waals surface area (Å²) in [5, 5.41) is 10.8. The van der Waals surface area contributed by atoms with Gasteiger partial charge in [-0.05, 0) is 70.2 Å². The molecule has 0 bridgehead atoms. The first-order chi connectivity index (χ1) is 14.5. The maximum Gasteiger partial charge on any atom is 0.223 e. The van der Waals surface area contributed by atoms with Crippen LogP contribution in [0, 0.1) is 11.7 Å². The van der Waals surface area contributed by atoms with E-state index in [0.717, 1.165) is 61.1 Å². The Labute approximate surface area is 178 Å². The van der Waals surface area contributed by atoms with Gasteiger partial charge in [0.2, 0.25) is 5.91 Å². The number of aliphatic imine (C=N–C) groups is 1. The first-order valence-electron chi connectivity index (χ1n) is 11.1. The van der Waals surface area contributed by atoms with E-state index < -0.39 is 0 Å². The number of carbonyl (C=O) groups is 1. The summed E-state index contributed by atoms with van der Waals surface area (Å²) in [4.78, 5) is 20.3. The third kappa shape index (κ3) is 5.97. The van der Waals surface area contributed by atoms with E-state index in [-0.39, 0.29) is 29.7 Å². The van der Waals surface area contributed by atoms with E-state index in [0.29, 0.717) is 6.54 Å². The Kier molecular flexibility index (Phi) is 7.71. The summed E-state index contributed by atoms with van der Waals surface area (Å²) in [5.41, 5.74) is 2.00. The number of aromatic amines is 1. The second kappa shape index (κ2) is 10.5. The van der Waals surface area contributed by atoms with Gasteiger partial charge in [-0.1, -0.05) is 6.42 Å². The van der Waals surface area contributed by atoms with E-state index in [2.05, 4.69) is 20.9 Å². The molecule has 164 valence electrons. The van der Waals surface area contributed by atoms with Gasteiger partial charge in [0.15, 0.2) is 5.96 Å². The summed E-state index contributed by atoms with van der Waals surface area (Å²) >= 11 is 0. The predicted molar refractivity (Wildman–Crippen MR) is 120 cm³/mol. The monoisotopic (exact) mass is 415 g/mol. The van der Waals surface area contributed by atoms with E-state index in [9.17, 15) is 9.18 Å². The van der Waals surface area contributed by atoms with Crippen molar-refractivity contribution in [3.05, 3.63) is 35.8 Å². The average Bonchev–Trinajstić information content (AvgIpc) is 3.10. The summed E-state index contributed by atoms with van der Waals surface area (Å²) in [7, 11) is 0. The molecule has 4 N–H and O–H groups in total. The number of halogens is 1. The van der Waals surface area contributed by atoms with Gasteiger partial charge in [-0.2, -0.15) is 0 Å². The number of H-pyrrole nitrogens is 1. The van der Waals surface area contributed by atoms with Crippen LogP contribution < -0.4 is 16.0 Å². The van der Waals surface area contributed by atoms with Crippen LogP contribution in [0.2, 0.25) is 0 Å². The number of guanidine groups is 1. The number of hydrogen-bond acceptors (Lipinski definition) is 2. The molecule has 3 rings (SSSR count). The van der Waals surface area contributed by atoms with Crippen molar-refractivity contribution in [2.75, 3.05) is 13.1 Å². The number of nitrogens with zero attached hydrogens (tertiary/aromatic N) is 1. The maximum atomic E-state index is 13.6. The third-order valence-corrected chi connectivity index (χ3v) is 5.54. The van der Waals surface area contributed by atoms with Crippen molar-refractivity contribution in [2.24, 2.45) is 10.9 Å². The highest BCUT2D eigenvalue weighted by atomic mass is 19.1.